The Morgan fingerprint density at radius 3 is 2.24 bits per heavy atom. The van der Waals surface area contributed by atoms with Gasteiger partial charge in [0.05, 0.1) is 0 Å². The van der Waals surface area contributed by atoms with Crippen molar-refractivity contribution in [3.05, 3.63) is 12.7 Å². The lowest BCUT2D eigenvalue weighted by Gasteiger charge is -2.40. The predicted octanol–water partition coefficient (Wildman–Crippen LogP) is 3.05. The summed E-state index contributed by atoms with van der Waals surface area (Å²) in [5, 5.41) is 3.64. The van der Waals surface area contributed by atoms with Gasteiger partial charge in [0.2, 0.25) is 0 Å². The SMILES string of the molecule is C=CCN(CC(C)(C)CNC1CC1)C(C)(C)C. The van der Waals surface area contributed by atoms with E-state index in [0.29, 0.717) is 5.41 Å². The molecule has 0 aromatic rings. The van der Waals surface area contributed by atoms with Crippen molar-refractivity contribution in [2.45, 2.75) is 59.0 Å². The number of nitrogens with one attached hydrogen (secondary N) is 1. The normalized spacial score (nSPS) is 17.5. The van der Waals surface area contributed by atoms with Crippen molar-refractivity contribution >= 4 is 0 Å². The van der Waals surface area contributed by atoms with Crippen LogP contribution in [-0.4, -0.2) is 36.1 Å². The van der Waals surface area contributed by atoms with E-state index in [2.05, 4.69) is 51.4 Å². The summed E-state index contributed by atoms with van der Waals surface area (Å²) in [5.41, 5.74) is 0.532. The lowest BCUT2D eigenvalue weighted by Crippen LogP contribution is -2.49. The molecule has 0 bridgehead atoms. The van der Waals surface area contributed by atoms with E-state index in [1.807, 2.05) is 6.08 Å². The molecule has 100 valence electrons. The molecular weight excluding hydrogens is 208 g/mol. The summed E-state index contributed by atoms with van der Waals surface area (Å²) >= 11 is 0. The third kappa shape index (κ3) is 5.69. The van der Waals surface area contributed by atoms with Gasteiger partial charge in [0.1, 0.15) is 0 Å². The monoisotopic (exact) mass is 238 g/mol. The molecule has 1 rings (SSSR count). The highest BCUT2D eigenvalue weighted by atomic mass is 15.2. The Balaban J connectivity index is 2.47. The van der Waals surface area contributed by atoms with Gasteiger partial charge in [0.25, 0.3) is 0 Å². The largest absolute Gasteiger partial charge is 0.313 e. The number of hydrogen-bond acceptors (Lipinski definition) is 2. The van der Waals surface area contributed by atoms with E-state index < -0.39 is 0 Å². The molecular formula is C15H30N2. The quantitative estimate of drug-likeness (QED) is 0.686. The molecule has 0 atom stereocenters. The molecule has 1 fully saturated rings. The fourth-order valence-electron chi connectivity index (χ4n) is 2.01. The van der Waals surface area contributed by atoms with Crippen LogP contribution in [0.15, 0.2) is 12.7 Å². The molecule has 2 nitrogen and oxygen atoms in total. The van der Waals surface area contributed by atoms with Crippen LogP contribution in [-0.2, 0) is 0 Å². The van der Waals surface area contributed by atoms with Gasteiger partial charge in [0, 0.05) is 31.2 Å². The van der Waals surface area contributed by atoms with E-state index in [1.165, 1.54) is 12.8 Å². The maximum absolute atomic E-state index is 3.87. The number of nitrogens with zero attached hydrogens (tertiary/aromatic N) is 1. The maximum atomic E-state index is 3.87. The van der Waals surface area contributed by atoms with E-state index in [-0.39, 0.29) is 5.54 Å². The average Bonchev–Trinajstić information content (AvgIpc) is 2.96. The first-order valence-corrected chi connectivity index (χ1v) is 6.84. The van der Waals surface area contributed by atoms with Gasteiger partial charge in [0.15, 0.2) is 0 Å². The van der Waals surface area contributed by atoms with Gasteiger partial charge < -0.3 is 5.32 Å². The first-order valence-electron chi connectivity index (χ1n) is 6.84. The van der Waals surface area contributed by atoms with Crippen LogP contribution < -0.4 is 5.32 Å². The Bertz CT molecular complexity index is 246. The zero-order valence-electron chi connectivity index (χ0n) is 12.3. The van der Waals surface area contributed by atoms with Gasteiger partial charge in [-0.05, 0) is 39.0 Å². The minimum Gasteiger partial charge on any atom is -0.313 e. The van der Waals surface area contributed by atoms with Crippen LogP contribution in [0, 0.1) is 5.41 Å². The second kappa shape index (κ2) is 5.53. The van der Waals surface area contributed by atoms with Gasteiger partial charge in [-0.1, -0.05) is 19.9 Å². The van der Waals surface area contributed by atoms with Crippen molar-refractivity contribution < 1.29 is 0 Å². The number of hydrogen-bond donors (Lipinski definition) is 1. The minimum absolute atomic E-state index is 0.213. The third-order valence-corrected chi connectivity index (χ3v) is 3.36. The summed E-state index contributed by atoms with van der Waals surface area (Å²) < 4.78 is 0. The van der Waals surface area contributed by atoms with Crippen LogP contribution >= 0.6 is 0 Å². The van der Waals surface area contributed by atoms with Crippen LogP contribution in [0.1, 0.15) is 47.5 Å². The minimum atomic E-state index is 0.213. The molecule has 1 N–H and O–H groups in total. The van der Waals surface area contributed by atoms with Gasteiger partial charge in [-0.3, -0.25) is 4.90 Å². The Kier molecular flexibility index (Phi) is 4.79. The predicted molar refractivity (Wildman–Crippen MR) is 76.3 cm³/mol. The molecule has 1 saturated carbocycles. The van der Waals surface area contributed by atoms with Crippen molar-refractivity contribution in [3.8, 4) is 0 Å². The standard InChI is InChI=1S/C15H30N2/c1-7-10-17(14(2,3)4)12-15(5,6)11-16-13-8-9-13/h7,13,16H,1,8-12H2,2-6H3. The van der Waals surface area contributed by atoms with Crippen LogP contribution in [0.25, 0.3) is 0 Å². The second-order valence-corrected chi connectivity index (χ2v) is 7.16. The maximum Gasteiger partial charge on any atom is 0.0166 e. The Hall–Kier alpha value is -0.340. The fourth-order valence-corrected chi connectivity index (χ4v) is 2.01. The van der Waals surface area contributed by atoms with Gasteiger partial charge >= 0.3 is 0 Å². The summed E-state index contributed by atoms with van der Waals surface area (Å²) in [6.07, 6.45) is 4.74. The van der Waals surface area contributed by atoms with Crippen molar-refractivity contribution in [3.63, 3.8) is 0 Å². The van der Waals surface area contributed by atoms with Crippen molar-refractivity contribution in [2.75, 3.05) is 19.6 Å². The van der Waals surface area contributed by atoms with E-state index in [1.54, 1.807) is 0 Å². The fraction of sp³-hybridized carbons (Fsp3) is 0.867. The van der Waals surface area contributed by atoms with Gasteiger partial charge in [-0.2, -0.15) is 0 Å². The summed E-state index contributed by atoms with van der Waals surface area (Å²) in [6.45, 7) is 18.6. The zero-order chi connectivity index (χ0) is 13.1. The summed E-state index contributed by atoms with van der Waals surface area (Å²) in [5.74, 6) is 0. The van der Waals surface area contributed by atoms with E-state index in [0.717, 1.165) is 25.7 Å². The van der Waals surface area contributed by atoms with E-state index in [4.69, 9.17) is 0 Å². The molecule has 17 heavy (non-hydrogen) atoms. The smallest absolute Gasteiger partial charge is 0.0166 e. The molecule has 1 aliphatic rings. The Labute approximate surface area is 107 Å². The van der Waals surface area contributed by atoms with Crippen LogP contribution in [0.2, 0.25) is 0 Å². The van der Waals surface area contributed by atoms with Gasteiger partial charge in [-0.15, -0.1) is 6.58 Å². The lowest BCUT2D eigenvalue weighted by atomic mass is 9.90. The summed E-state index contributed by atoms with van der Waals surface area (Å²) in [7, 11) is 0. The van der Waals surface area contributed by atoms with Crippen LogP contribution in [0.4, 0.5) is 0 Å². The Morgan fingerprint density at radius 2 is 1.82 bits per heavy atom. The third-order valence-electron chi connectivity index (χ3n) is 3.36. The van der Waals surface area contributed by atoms with E-state index in [9.17, 15) is 0 Å². The molecule has 1 aliphatic carbocycles. The summed E-state index contributed by atoms with van der Waals surface area (Å²) in [4.78, 5) is 2.51. The molecule has 0 spiro atoms. The topological polar surface area (TPSA) is 15.3 Å². The summed E-state index contributed by atoms with van der Waals surface area (Å²) in [6, 6.07) is 0.803. The van der Waals surface area contributed by atoms with Crippen molar-refractivity contribution in [1.82, 2.24) is 10.2 Å². The molecule has 0 aliphatic heterocycles. The van der Waals surface area contributed by atoms with E-state index >= 15 is 0 Å². The van der Waals surface area contributed by atoms with Crippen LogP contribution in [0.3, 0.4) is 0 Å². The lowest BCUT2D eigenvalue weighted by molar-refractivity contribution is 0.0968. The highest BCUT2D eigenvalue weighted by Gasteiger charge is 2.30. The van der Waals surface area contributed by atoms with Crippen LogP contribution in [0.5, 0.6) is 0 Å². The highest BCUT2D eigenvalue weighted by molar-refractivity contribution is 4.89. The molecule has 0 aromatic heterocycles. The highest BCUT2D eigenvalue weighted by Crippen LogP contribution is 2.25. The second-order valence-electron chi connectivity index (χ2n) is 7.16. The number of rotatable bonds is 7. The molecule has 0 heterocycles. The molecule has 0 amide bonds. The van der Waals surface area contributed by atoms with Crippen molar-refractivity contribution in [1.29, 1.82) is 0 Å². The first-order chi connectivity index (χ1) is 7.74. The first kappa shape index (κ1) is 14.7. The van der Waals surface area contributed by atoms with Gasteiger partial charge in [-0.25, -0.2) is 0 Å². The molecule has 0 radical (unpaired) electrons. The zero-order valence-corrected chi connectivity index (χ0v) is 12.3. The molecule has 0 unspecified atom stereocenters. The molecule has 0 saturated heterocycles. The molecule has 2 heteroatoms. The average molecular weight is 238 g/mol. The molecule has 0 aromatic carbocycles. The Morgan fingerprint density at radius 1 is 1.24 bits per heavy atom. The van der Waals surface area contributed by atoms with Crippen molar-refractivity contribution in [2.24, 2.45) is 5.41 Å².